The maximum absolute atomic E-state index is 5.55. The summed E-state index contributed by atoms with van der Waals surface area (Å²) >= 11 is 0. The molecule has 0 saturated carbocycles. The van der Waals surface area contributed by atoms with Crippen LogP contribution < -0.4 is 10.6 Å². The number of aryl methyl sites for hydroxylation is 1. The lowest BCUT2D eigenvalue weighted by Crippen LogP contribution is -2.05. The van der Waals surface area contributed by atoms with E-state index in [-0.39, 0.29) is 0 Å². The van der Waals surface area contributed by atoms with Gasteiger partial charge in [-0.1, -0.05) is 6.92 Å². The fourth-order valence-electron chi connectivity index (χ4n) is 1.83. The van der Waals surface area contributed by atoms with E-state index in [1.54, 1.807) is 19.4 Å². The van der Waals surface area contributed by atoms with E-state index >= 15 is 0 Å². The zero-order valence-corrected chi connectivity index (χ0v) is 11.3. The number of fused-ring (bicyclic) bond motifs is 1. The van der Waals surface area contributed by atoms with Crippen LogP contribution in [-0.4, -0.2) is 32.2 Å². The Morgan fingerprint density at radius 2 is 2.20 bits per heavy atom. The third-order valence-corrected chi connectivity index (χ3v) is 2.89. The minimum atomic E-state index is 0.459. The Kier molecular flexibility index (Phi) is 3.20. The van der Waals surface area contributed by atoms with E-state index in [9.17, 15) is 0 Å². The minimum Gasteiger partial charge on any atom is -0.444 e. The summed E-state index contributed by atoms with van der Waals surface area (Å²) < 4.78 is 5.55. The number of aromatic amines is 1. The first kappa shape index (κ1) is 12.4. The van der Waals surface area contributed by atoms with E-state index in [4.69, 9.17) is 4.42 Å². The molecule has 0 aliphatic carbocycles. The Morgan fingerprint density at radius 1 is 1.30 bits per heavy atom. The van der Waals surface area contributed by atoms with Gasteiger partial charge in [-0.2, -0.15) is 15.1 Å². The van der Waals surface area contributed by atoms with Crippen molar-refractivity contribution in [2.75, 3.05) is 17.7 Å². The zero-order valence-electron chi connectivity index (χ0n) is 11.3. The van der Waals surface area contributed by atoms with Gasteiger partial charge in [0.15, 0.2) is 5.65 Å². The van der Waals surface area contributed by atoms with Crippen molar-refractivity contribution in [3.05, 3.63) is 24.0 Å². The van der Waals surface area contributed by atoms with Crippen molar-refractivity contribution in [1.29, 1.82) is 0 Å². The lowest BCUT2D eigenvalue weighted by molar-refractivity contribution is 0.465. The number of nitrogens with zero attached hydrogens (tertiary/aromatic N) is 4. The van der Waals surface area contributed by atoms with E-state index in [0.29, 0.717) is 29.8 Å². The van der Waals surface area contributed by atoms with Crippen molar-refractivity contribution < 1.29 is 4.42 Å². The molecule has 0 saturated heterocycles. The van der Waals surface area contributed by atoms with Gasteiger partial charge in [-0.3, -0.25) is 5.10 Å². The number of oxazole rings is 1. The number of rotatable bonds is 5. The highest BCUT2D eigenvalue weighted by molar-refractivity contribution is 5.86. The number of hydrogen-bond acceptors (Lipinski definition) is 7. The average molecular weight is 273 g/mol. The van der Waals surface area contributed by atoms with Crippen molar-refractivity contribution in [3.63, 3.8) is 0 Å². The quantitative estimate of drug-likeness (QED) is 0.647. The molecule has 20 heavy (non-hydrogen) atoms. The minimum absolute atomic E-state index is 0.459. The lowest BCUT2D eigenvalue weighted by Gasteiger charge is -2.06. The maximum Gasteiger partial charge on any atom is 0.226 e. The molecule has 8 heteroatoms. The van der Waals surface area contributed by atoms with Crippen LogP contribution in [0.1, 0.15) is 18.6 Å². The number of nitrogens with one attached hydrogen (secondary N) is 3. The van der Waals surface area contributed by atoms with Crippen molar-refractivity contribution in [1.82, 2.24) is 25.1 Å². The van der Waals surface area contributed by atoms with Gasteiger partial charge in [0.2, 0.25) is 11.8 Å². The molecule has 0 aromatic carbocycles. The molecule has 104 valence electrons. The topological polar surface area (TPSA) is 105 Å². The summed E-state index contributed by atoms with van der Waals surface area (Å²) in [5.74, 6) is 2.70. The highest BCUT2D eigenvalue weighted by atomic mass is 16.4. The fraction of sp³-hybridized carbons (Fsp3) is 0.333. The summed E-state index contributed by atoms with van der Waals surface area (Å²) in [6.45, 7) is 2.48. The van der Waals surface area contributed by atoms with Crippen molar-refractivity contribution >= 4 is 22.8 Å². The second kappa shape index (κ2) is 5.16. The van der Waals surface area contributed by atoms with Gasteiger partial charge in [-0.25, -0.2) is 4.98 Å². The van der Waals surface area contributed by atoms with Gasteiger partial charge >= 0.3 is 0 Å². The first-order valence-corrected chi connectivity index (χ1v) is 6.36. The van der Waals surface area contributed by atoms with Crippen LogP contribution in [0.3, 0.4) is 0 Å². The molecule has 0 aliphatic heterocycles. The van der Waals surface area contributed by atoms with Crippen molar-refractivity contribution in [3.8, 4) is 0 Å². The molecular weight excluding hydrogens is 258 g/mol. The Hall–Kier alpha value is -2.64. The van der Waals surface area contributed by atoms with Crippen LogP contribution in [0.15, 0.2) is 16.8 Å². The van der Waals surface area contributed by atoms with E-state index in [1.807, 2.05) is 6.92 Å². The van der Waals surface area contributed by atoms with E-state index < -0.39 is 0 Å². The third kappa shape index (κ3) is 2.27. The molecule has 0 spiro atoms. The molecule has 3 aromatic rings. The molecule has 0 amide bonds. The van der Waals surface area contributed by atoms with Gasteiger partial charge in [0, 0.05) is 13.5 Å². The number of anilines is 2. The Balaban J connectivity index is 1.84. The molecular formula is C12H15N7O. The van der Waals surface area contributed by atoms with Crippen molar-refractivity contribution in [2.45, 2.75) is 19.9 Å². The van der Waals surface area contributed by atoms with Crippen LogP contribution in [0.4, 0.5) is 11.8 Å². The maximum atomic E-state index is 5.55. The Morgan fingerprint density at radius 3 is 2.95 bits per heavy atom. The monoisotopic (exact) mass is 273 g/mol. The summed E-state index contributed by atoms with van der Waals surface area (Å²) in [6, 6.07) is 0. The van der Waals surface area contributed by atoms with Gasteiger partial charge < -0.3 is 15.1 Å². The van der Waals surface area contributed by atoms with Crippen LogP contribution >= 0.6 is 0 Å². The second-order valence-electron chi connectivity index (χ2n) is 4.21. The highest BCUT2D eigenvalue weighted by Gasteiger charge is 2.10. The highest BCUT2D eigenvalue weighted by Crippen LogP contribution is 2.20. The summed E-state index contributed by atoms with van der Waals surface area (Å²) in [5, 5.41) is 13.7. The molecule has 0 bridgehead atoms. The molecule has 3 N–H and O–H groups in total. The molecule has 0 radical (unpaired) electrons. The Bertz CT molecular complexity index is 717. The predicted octanol–water partition coefficient (Wildman–Crippen LogP) is 1.56. The summed E-state index contributed by atoms with van der Waals surface area (Å²) in [6.07, 6.45) is 4.25. The van der Waals surface area contributed by atoms with E-state index in [0.717, 1.165) is 17.6 Å². The lowest BCUT2D eigenvalue weighted by atomic mass is 10.4. The number of hydrogen-bond donors (Lipinski definition) is 3. The molecule has 0 unspecified atom stereocenters. The summed E-state index contributed by atoms with van der Waals surface area (Å²) in [5.41, 5.74) is 0.675. The Labute approximate surface area is 115 Å². The smallest absolute Gasteiger partial charge is 0.226 e. The average Bonchev–Trinajstić information content (AvgIpc) is 3.12. The van der Waals surface area contributed by atoms with E-state index in [1.165, 1.54) is 0 Å². The molecule has 3 aromatic heterocycles. The normalized spacial score (nSPS) is 10.9. The third-order valence-electron chi connectivity index (χ3n) is 2.89. The summed E-state index contributed by atoms with van der Waals surface area (Å²) in [4.78, 5) is 12.8. The predicted molar refractivity (Wildman–Crippen MR) is 74.4 cm³/mol. The summed E-state index contributed by atoms with van der Waals surface area (Å²) in [7, 11) is 1.77. The molecule has 8 nitrogen and oxygen atoms in total. The first-order chi connectivity index (χ1) is 9.80. The first-order valence-electron chi connectivity index (χ1n) is 6.36. The standard InChI is InChI=1S/C12H15N7O/c1-3-7-4-14-9(20-7)6-15-10-8-5-16-19-11(8)18-12(13-2)17-10/h4-5H,3,6H2,1-2H3,(H3,13,15,16,17,18,19). The van der Waals surface area contributed by atoms with Crippen LogP contribution in [0, 0.1) is 0 Å². The SMILES string of the molecule is CCc1cnc(CNc2nc(NC)nc3[nH]ncc23)o1. The molecule has 3 rings (SSSR count). The van der Waals surface area contributed by atoms with Crippen LogP contribution in [0.2, 0.25) is 0 Å². The molecule has 0 fully saturated rings. The van der Waals surface area contributed by atoms with Gasteiger partial charge in [0.05, 0.1) is 24.3 Å². The van der Waals surface area contributed by atoms with Gasteiger partial charge in [-0.05, 0) is 0 Å². The van der Waals surface area contributed by atoms with Crippen LogP contribution in [0.5, 0.6) is 0 Å². The van der Waals surface area contributed by atoms with Gasteiger partial charge in [0.1, 0.15) is 11.6 Å². The molecule has 0 aliphatic rings. The second-order valence-corrected chi connectivity index (χ2v) is 4.21. The molecule has 3 heterocycles. The largest absolute Gasteiger partial charge is 0.444 e. The zero-order chi connectivity index (χ0) is 13.9. The molecule has 0 atom stereocenters. The van der Waals surface area contributed by atoms with Crippen molar-refractivity contribution in [2.24, 2.45) is 0 Å². The van der Waals surface area contributed by atoms with Gasteiger partial charge in [0.25, 0.3) is 0 Å². The fourth-order valence-corrected chi connectivity index (χ4v) is 1.83. The van der Waals surface area contributed by atoms with Gasteiger partial charge in [-0.15, -0.1) is 0 Å². The number of H-pyrrole nitrogens is 1. The number of aromatic nitrogens is 5. The van der Waals surface area contributed by atoms with Crippen LogP contribution in [-0.2, 0) is 13.0 Å². The van der Waals surface area contributed by atoms with Crippen LogP contribution in [0.25, 0.3) is 11.0 Å². The van der Waals surface area contributed by atoms with E-state index in [2.05, 4.69) is 35.8 Å².